The van der Waals surface area contributed by atoms with Crippen molar-refractivity contribution in [3.8, 4) is 0 Å². The average molecular weight is 281 g/mol. The Hall–Kier alpha value is -0.450. The lowest BCUT2D eigenvalue weighted by molar-refractivity contribution is 0.159. The molecule has 0 radical (unpaired) electrons. The van der Waals surface area contributed by atoms with Crippen LogP contribution in [0.25, 0.3) is 0 Å². The molecule has 4 heteroatoms. The van der Waals surface area contributed by atoms with Gasteiger partial charge in [-0.05, 0) is 58.7 Å². The molecule has 2 rings (SSSR count). The minimum absolute atomic E-state index is 0.458. The van der Waals surface area contributed by atoms with E-state index in [1.807, 2.05) is 0 Å². The fourth-order valence-electron chi connectivity index (χ4n) is 2.89. The standard InChI is InChI=1S/C15H27N3S/c1-4-9-18(10-14-5-7-16-8-6-14)12(2)15-11-19-13(3)17-15/h11-12,14,16H,4-10H2,1-3H3. The number of nitrogens with zero attached hydrogens (tertiary/aromatic N) is 2. The van der Waals surface area contributed by atoms with Crippen molar-refractivity contribution in [2.24, 2.45) is 5.92 Å². The van der Waals surface area contributed by atoms with Crippen LogP contribution < -0.4 is 5.32 Å². The van der Waals surface area contributed by atoms with Crippen LogP contribution in [0.3, 0.4) is 0 Å². The molecular weight excluding hydrogens is 254 g/mol. The fourth-order valence-corrected chi connectivity index (χ4v) is 3.58. The normalized spacial score (nSPS) is 18.9. The number of thiazole rings is 1. The summed E-state index contributed by atoms with van der Waals surface area (Å²) < 4.78 is 0. The molecule has 0 aliphatic carbocycles. The highest BCUT2D eigenvalue weighted by molar-refractivity contribution is 7.09. The molecular formula is C15H27N3S. The van der Waals surface area contributed by atoms with Crippen LogP contribution in [-0.2, 0) is 0 Å². The maximum Gasteiger partial charge on any atom is 0.0898 e. The van der Waals surface area contributed by atoms with Crippen molar-refractivity contribution in [3.05, 3.63) is 16.1 Å². The van der Waals surface area contributed by atoms with Gasteiger partial charge in [0.25, 0.3) is 0 Å². The summed E-state index contributed by atoms with van der Waals surface area (Å²) in [5.41, 5.74) is 1.25. The Bertz CT molecular complexity index is 371. The second kappa shape index (κ2) is 7.36. The summed E-state index contributed by atoms with van der Waals surface area (Å²) in [5, 5.41) is 6.86. The summed E-state index contributed by atoms with van der Waals surface area (Å²) in [6.07, 6.45) is 3.87. The van der Waals surface area contributed by atoms with Crippen LogP contribution in [0.4, 0.5) is 0 Å². The molecule has 1 aromatic rings. The van der Waals surface area contributed by atoms with Gasteiger partial charge in [-0.1, -0.05) is 6.92 Å². The van der Waals surface area contributed by atoms with E-state index in [0.29, 0.717) is 6.04 Å². The predicted octanol–water partition coefficient (Wildman–Crippen LogP) is 3.22. The van der Waals surface area contributed by atoms with Gasteiger partial charge in [0, 0.05) is 11.9 Å². The zero-order valence-corrected chi connectivity index (χ0v) is 13.3. The molecule has 1 N–H and O–H groups in total. The van der Waals surface area contributed by atoms with Crippen LogP contribution >= 0.6 is 11.3 Å². The quantitative estimate of drug-likeness (QED) is 0.868. The summed E-state index contributed by atoms with van der Waals surface area (Å²) in [5.74, 6) is 0.856. The predicted molar refractivity (Wildman–Crippen MR) is 82.7 cm³/mol. The third-order valence-electron chi connectivity index (χ3n) is 4.07. The van der Waals surface area contributed by atoms with E-state index in [1.165, 1.54) is 56.1 Å². The first kappa shape index (κ1) is 14.9. The van der Waals surface area contributed by atoms with Crippen LogP contribution in [0, 0.1) is 12.8 Å². The van der Waals surface area contributed by atoms with Crippen molar-refractivity contribution >= 4 is 11.3 Å². The SMILES string of the molecule is CCCN(CC1CCNCC1)C(C)c1csc(C)n1. The van der Waals surface area contributed by atoms with Crippen molar-refractivity contribution in [3.63, 3.8) is 0 Å². The summed E-state index contributed by atoms with van der Waals surface area (Å²) in [7, 11) is 0. The first-order chi connectivity index (χ1) is 9.20. The summed E-state index contributed by atoms with van der Waals surface area (Å²) in [6.45, 7) is 11.5. The Morgan fingerprint density at radius 2 is 2.21 bits per heavy atom. The number of rotatable bonds is 6. The maximum atomic E-state index is 4.67. The highest BCUT2D eigenvalue weighted by Crippen LogP contribution is 2.25. The lowest BCUT2D eigenvalue weighted by Gasteiger charge is -2.33. The number of hydrogen-bond donors (Lipinski definition) is 1. The van der Waals surface area contributed by atoms with E-state index in [9.17, 15) is 0 Å². The van der Waals surface area contributed by atoms with Crippen LogP contribution in [0.2, 0.25) is 0 Å². The average Bonchev–Trinajstić information content (AvgIpc) is 2.85. The molecule has 2 heterocycles. The summed E-state index contributed by atoms with van der Waals surface area (Å²) >= 11 is 1.77. The van der Waals surface area contributed by atoms with Gasteiger partial charge in [-0.2, -0.15) is 0 Å². The molecule has 1 aromatic heterocycles. The van der Waals surface area contributed by atoms with Crippen LogP contribution in [0.5, 0.6) is 0 Å². The van der Waals surface area contributed by atoms with E-state index >= 15 is 0 Å². The van der Waals surface area contributed by atoms with Crippen LogP contribution in [0.1, 0.15) is 49.9 Å². The Kier molecular flexibility index (Phi) is 5.79. The van der Waals surface area contributed by atoms with Crippen molar-refractivity contribution < 1.29 is 0 Å². The van der Waals surface area contributed by atoms with Crippen molar-refractivity contribution in [2.45, 2.75) is 46.1 Å². The van der Waals surface area contributed by atoms with Gasteiger partial charge in [0.15, 0.2) is 0 Å². The molecule has 0 aromatic carbocycles. The first-order valence-electron chi connectivity index (χ1n) is 7.57. The highest BCUT2D eigenvalue weighted by atomic mass is 32.1. The smallest absolute Gasteiger partial charge is 0.0898 e. The molecule has 0 amide bonds. The van der Waals surface area contributed by atoms with Gasteiger partial charge in [0.05, 0.1) is 16.7 Å². The maximum absolute atomic E-state index is 4.67. The zero-order valence-electron chi connectivity index (χ0n) is 12.5. The second-order valence-electron chi connectivity index (χ2n) is 5.66. The number of nitrogens with one attached hydrogen (secondary N) is 1. The van der Waals surface area contributed by atoms with Crippen LogP contribution in [-0.4, -0.2) is 36.1 Å². The number of aromatic nitrogens is 1. The Labute approximate surface area is 121 Å². The molecule has 1 fully saturated rings. The fraction of sp³-hybridized carbons (Fsp3) is 0.800. The molecule has 1 aliphatic heterocycles. The number of piperidine rings is 1. The Morgan fingerprint density at radius 3 is 2.79 bits per heavy atom. The van der Waals surface area contributed by atoms with Crippen molar-refractivity contribution in [1.82, 2.24) is 15.2 Å². The van der Waals surface area contributed by atoms with Gasteiger partial charge in [0.2, 0.25) is 0 Å². The molecule has 19 heavy (non-hydrogen) atoms. The molecule has 1 atom stereocenters. The minimum Gasteiger partial charge on any atom is -0.317 e. The third kappa shape index (κ3) is 4.26. The molecule has 1 saturated heterocycles. The van der Waals surface area contributed by atoms with Crippen LogP contribution in [0.15, 0.2) is 5.38 Å². The van der Waals surface area contributed by atoms with Gasteiger partial charge in [-0.25, -0.2) is 4.98 Å². The van der Waals surface area contributed by atoms with E-state index in [0.717, 1.165) is 5.92 Å². The lowest BCUT2D eigenvalue weighted by Crippen LogP contribution is -2.37. The monoisotopic (exact) mass is 281 g/mol. The van der Waals surface area contributed by atoms with Gasteiger partial charge in [0.1, 0.15) is 0 Å². The highest BCUT2D eigenvalue weighted by Gasteiger charge is 2.22. The molecule has 0 spiro atoms. The largest absolute Gasteiger partial charge is 0.317 e. The molecule has 3 nitrogen and oxygen atoms in total. The lowest BCUT2D eigenvalue weighted by atomic mass is 9.96. The third-order valence-corrected chi connectivity index (χ3v) is 4.87. The minimum atomic E-state index is 0.458. The van der Waals surface area contributed by atoms with E-state index in [4.69, 9.17) is 0 Å². The Balaban J connectivity index is 1.97. The molecule has 0 bridgehead atoms. The first-order valence-corrected chi connectivity index (χ1v) is 8.45. The Morgan fingerprint density at radius 1 is 1.47 bits per heavy atom. The van der Waals surface area contributed by atoms with E-state index < -0.39 is 0 Å². The number of aryl methyl sites for hydroxylation is 1. The zero-order chi connectivity index (χ0) is 13.7. The van der Waals surface area contributed by atoms with E-state index in [-0.39, 0.29) is 0 Å². The molecule has 1 unspecified atom stereocenters. The molecule has 1 aliphatic rings. The van der Waals surface area contributed by atoms with E-state index in [2.05, 4.69) is 41.4 Å². The van der Waals surface area contributed by atoms with Gasteiger partial charge >= 0.3 is 0 Å². The van der Waals surface area contributed by atoms with E-state index in [1.54, 1.807) is 11.3 Å². The van der Waals surface area contributed by atoms with Crippen molar-refractivity contribution in [1.29, 1.82) is 0 Å². The van der Waals surface area contributed by atoms with Gasteiger partial charge in [-0.3, -0.25) is 4.90 Å². The van der Waals surface area contributed by atoms with Gasteiger partial charge in [-0.15, -0.1) is 11.3 Å². The number of hydrogen-bond acceptors (Lipinski definition) is 4. The summed E-state index contributed by atoms with van der Waals surface area (Å²) in [4.78, 5) is 7.30. The van der Waals surface area contributed by atoms with Crippen molar-refractivity contribution in [2.75, 3.05) is 26.2 Å². The van der Waals surface area contributed by atoms with Gasteiger partial charge < -0.3 is 5.32 Å². The molecule has 0 saturated carbocycles. The topological polar surface area (TPSA) is 28.2 Å². The summed E-state index contributed by atoms with van der Waals surface area (Å²) in [6, 6.07) is 0.458. The molecule has 108 valence electrons. The second-order valence-corrected chi connectivity index (χ2v) is 6.72.